The van der Waals surface area contributed by atoms with Crippen molar-refractivity contribution in [3.05, 3.63) is 41.1 Å². The molecule has 46 heavy (non-hydrogen) atoms. The minimum absolute atomic E-state index is 0.0169. The summed E-state index contributed by atoms with van der Waals surface area (Å²) in [7, 11) is 0. The third kappa shape index (κ3) is 4.75. The third-order valence-corrected chi connectivity index (χ3v) is 14.7. The number of esters is 1. The maximum Gasteiger partial charge on any atom is 0.302 e. The van der Waals surface area contributed by atoms with Crippen molar-refractivity contribution in [3.63, 3.8) is 0 Å². The second-order valence-electron chi connectivity index (χ2n) is 17.6. The van der Waals surface area contributed by atoms with Crippen LogP contribution in [0.15, 0.2) is 35.9 Å². The first-order valence-electron chi connectivity index (χ1n) is 17.4. The highest BCUT2D eigenvalue weighted by molar-refractivity contribution is 5.97. The lowest BCUT2D eigenvalue weighted by Crippen LogP contribution is -2.99. The molecule has 0 radical (unpaired) electrons. The lowest BCUT2D eigenvalue weighted by molar-refractivity contribution is -0.991. The Morgan fingerprint density at radius 3 is 2.35 bits per heavy atom. The highest BCUT2D eigenvalue weighted by atomic mass is 16.8. The van der Waals surface area contributed by atoms with Crippen molar-refractivity contribution in [2.75, 3.05) is 5.32 Å². The number of benzene rings is 1. The zero-order valence-corrected chi connectivity index (χ0v) is 29.0. The normalized spacial score (nSPS) is 43.5. The quantitative estimate of drug-likeness (QED) is 0.244. The largest absolute Gasteiger partial charge is 0.595 e. The maximum absolute atomic E-state index is 14.7. The minimum Gasteiger partial charge on any atom is -0.595 e. The van der Waals surface area contributed by atoms with Crippen LogP contribution in [0.1, 0.15) is 113 Å². The van der Waals surface area contributed by atoms with Crippen molar-refractivity contribution in [3.8, 4) is 0 Å². The van der Waals surface area contributed by atoms with Gasteiger partial charge in [0, 0.05) is 41.5 Å². The fraction of sp³-hybridized carbons (Fsp3) is 0.711. The number of hydrogen-bond acceptors (Lipinski definition) is 6. The van der Waals surface area contributed by atoms with Crippen LogP contribution in [0.3, 0.4) is 0 Å². The Morgan fingerprint density at radius 1 is 0.978 bits per heavy atom. The summed E-state index contributed by atoms with van der Waals surface area (Å²) in [6.07, 6.45) is 9.93. The van der Waals surface area contributed by atoms with E-state index in [0.29, 0.717) is 12.1 Å². The Bertz CT molecular complexity index is 1480. The standard InChI is InChI=1S/C38H54N2O6/c1-23(41)46-30-13-14-36(6)29(33(30,2)3)12-15-38(8)31(36)28(42)21-26-27-22-35(5,17-16-34(27,4)18-19-37(26,38)7)32(43)39-24-10-9-11-25(20-24)40(44)45/h9-11,20-21,27,29-31,40,44H,12-19,22H2,1-8H3,(H,39,43)/t27-,29-,30+,31-,34-,35+,36-,37+,38-/m1/s1. The molecule has 4 fully saturated rings. The monoisotopic (exact) mass is 634 g/mol. The van der Waals surface area contributed by atoms with Gasteiger partial charge in [-0.15, -0.1) is 0 Å². The van der Waals surface area contributed by atoms with Gasteiger partial charge in [-0.2, -0.15) is 5.23 Å². The van der Waals surface area contributed by atoms with Crippen molar-refractivity contribution in [2.24, 2.45) is 50.2 Å². The molecule has 0 aliphatic heterocycles. The molecular formula is C38H54N2O6. The predicted molar refractivity (Wildman–Crippen MR) is 176 cm³/mol. The second-order valence-corrected chi connectivity index (χ2v) is 17.6. The van der Waals surface area contributed by atoms with E-state index in [4.69, 9.17) is 4.74 Å². The van der Waals surface area contributed by atoms with Gasteiger partial charge < -0.3 is 15.3 Å². The zero-order chi connectivity index (χ0) is 33.7. The van der Waals surface area contributed by atoms with E-state index in [9.17, 15) is 24.8 Å². The molecule has 3 N–H and O–H groups in total. The minimum atomic E-state index is -1.03. The van der Waals surface area contributed by atoms with Crippen molar-refractivity contribution in [2.45, 2.75) is 119 Å². The van der Waals surface area contributed by atoms with Crippen LogP contribution in [0.2, 0.25) is 0 Å². The molecule has 1 amide bonds. The summed E-state index contributed by atoms with van der Waals surface area (Å²) in [4.78, 5) is 40.6. The van der Waals surface area contributed by atoms with Gasteiger partial charge in [-0.3, -0.25) is 14.4 Å². The Balaban J connectivity index is 1.33. The number of allylic oxidation sites excluding steroid dienone is 2. The molecule has 0 heterocycles. The van der Waals surface area contributed by atoms with Gasteiger partial charge in [0.1, 0.15) is 6.10 Å². The summed E-state index contributed by atoms with van der Waals surface area (Å²) in [6, 6.07) is 6.42. The van der Waals surface area contributed by atoms with E-state index in [2.05, 4.69) is 46.9 Å². The number of rotatable bonds is 4. The molecule has 1 aromatic rings. The molecule has 0 bridgehead atoms. The van der Waals surface area contributed by atoms with Gasteiger partial charge in [-0.05, 0) is 103 Å². The van der Waals surface area contributed by atoms with Crippen LogP contribution in [0.4, 0.5) is 11.4 Å². The number of anilines is 1. The van der Waals surface area contributed by atoms with Gasteiger partial charge in [-0.25, -0.2) is 5.21 Å². The van der Waals surface area contributed by atoms with Crippen LogP contribution in [0, 0.1) is 55.5 Å². The van der Waals surface area contributed by atoms with Gasteiger partial charge in [0.25, 0.3) is 0 Å². The summed E-state index contributed by atoms with van der Waals surface area (Å²) < 4.78 is 5.86. The van der Waals surface area contributed by atoms with E-state index in [1.165, 1.54) is 24.6 Å². The number of quaternary nitrogens is 1. The van der Waals surface area contributed by atoms with E-state index in [-0.39, 0.29) is 74.3 Å². The van der Waals surface area contributed by atoms with Crippen LogP contribution in [0.5, 0.6) is 0 Å². The van der Waals surface area contributed by atoms with Crippen LogP contribution < -0.4 is 10.5 Å². The first kappa shape index (κ1) is 33.4. The number of carbonyl (C=O) groups is 3. The molecule has 0 saturated heterocycles. The highest BCUT2D eigenvalue weighted by Gasteiger charge is 2.70. The number of ketones is 1. The molecular weight excluding hydrogens is 580 g/mol. The first-order valence-corrected chi connectivity index (χ1v) is 17.4. The fourth-order valence-electron chi connectivity index (χ4n) is 11.8. The lowest BCUT2D eigenvalue weighted by atomic mass is 9.33. The average Bonchev–Trinajstić information content (AvgIpc) is 2.96. The Hall–Kier alpha value is -2.55. The number of nitrogens with one attached hydrogen (secondary N) is 2. The van der Waals surface area contributed by atoms with Gasteiger partial charge in [0.2, 0.25) is 5.91 Å². The maximum atomic E-state index is 14.7. The van der Waals surface area contributed by atoms with Crippen LogP contribution in [0.25, 0.3) is 0 Å². The van der Waals surface area contributed by atoms with E-state index < -0.39 is 10.6 Å². The van der Waals surface area contributed by atoms with E-state index >= 15 is 0 Å². The van der Waals surface area contributed by atoms with Crippen molar-refractivity contribution >= 4 is 29.0 Å². The predicted octanol–water partition coefficient (Wildman–Crippen LogP) is 6.94. The Kier molecular flexibility index (Phi) is 7.78. The SMILES string of the molecule is CC(=O)O[C@H]1CC[C@]2(C)[C@H](CC[C@]3(C)[C@@H]2C(=O)C=C2[C@H]4C[C@@](C)(C(=O)Nc5cccc([NH+]([O-])O)c5)CC[C@]4(C)CC[C@@]23C)C1(C)C. The molecule has 5 aliphatic rings. The number of fused-ring (bicyclic) bond motifs is 7. The molecule has 5 aliphatic carbocycles. The lowest BCUT2D eigenvalue weighted by Gasteiger charge is -2.70. The van der Waals surface area contributed by atoms with Gasteiger partial charge >= 0.3 is 5.97 Å². The van der Waals surface area contributed by atoms with E-state index in [1.807, 2.05) is 13.0 Å². The Labute approximate surface area is 274 Å². The molecule has 10 atom stereocenters. The highest BCUT2D eigenvalue weighted by Crippen LogP contribution is 2.75. The molecule has 1 aromatic carbocycles. The number of amides is 1. The van der Waals surface area contributed by atoms with Crippen molar-refractivity contribution in [1.82, 2.24) is 0 Å². The average molecular weight is 635 g/mol. The first-order chi connectivity index (χ1) is 21.3. The van der Waals surface area contributed by atoms with Crippen LogP contribution in [-0.2, 0) is 19.1 Å². The number of ether oxygens (including phenoxy) is 1. The summed E-state index contributed by atoms with van der Waals surface area (Å²) in [6.45, 7) is 17.5. The number of hydrogen-bond donors (Lipinski definition) is 3. The van der Waals surface area contributed by atoms with Gasteiger partial charge in [0.15, 0.2) is 11.5 Å². The summed E-state index contributed by atoms with van der Waals surface area (Å²) >= 11 is 0. The molecule has 252 valence electrons. The molecule has 1 unspecified atom stereocenters. The smallest absolute Gasteiger partial charge is 0.302 e. The van der Waals surface area contributed by atoms with Crippen LogP contribution in [-0.4, -0.2) is 29.0 Å². The number of carbonyl (C=O) groups excluding carboxylic acids is 3. The van der Waals surface area contributed by atoms with Gasteiger partial charge in [0.05, 0.1) is 0 Å². The van der Waals surface area contributed by atoms with E-state index in [0.717, 1.165) is 51.4 Å². The summed E-state index contributed by atoms with van der Waals surface area (Å²) in [5.41, 5.74) is 0.472. The van der Waals surface area contributed by atoms with Crippen molar-refractivity contribution in [1.29, 1.82) is 0 Å². The summed E-state index contributed by atoms with van der Waals surface area (Å²) in [5.74, 6) is 0.210. The molecule has 0 spiro atoms. The second kappa shape index (κ2) is 10.7. The molecule has 4 saturated carbocycles. The fourth-order valence-corrected chi connectivity index (χ4v) is 11.8. The van der Waals surface area contributed by atoms with E-state index in [1.54, 1.807) is 12.1 Å². The third-order valence-electron chi connectivity index (χ3n) is 14.7. The zero-order valence-electron chi connectivity index (χ0n) is 29.0. The van der Waals surface area contributed by atoms with Gasteiger partial charge in [-0.1, -0.05) is 60.1 Å². The topological polar surface area (TPSA) is 120 Å². The molecule has 0 aromatic heterocycles. The summed E-state index contributed by atoms with van der Waals surface area (Å²) in [5, 5.41) is 23.0. The molecule has 8 nitrogen and oxygen atoms in total. The Morgan fingerprint density at radius 2 is 1.67 bits per heavy atom. The van der Waals surface area contributed by atoms with Crippen LogP contribution >= 0.6 is 0 Å². The molecule has 8 heteroatoms. The molecule has 6 rings (SSSR count). The van der Waals surface area contributed by atoms with Crippen molar-refractivity contribution < 1.29 is 29.6 Å².